The maximum Gasteiger partial charge on any atom is 0.133 e. The molecule has 2 aromatic rings. The van der Waals surface area contributed by atoms with Crippen molar-refractivity contribution in [1.82, 2.24) is 9.97 Å². The highest BCUT2D eigenvalue weighted by atomic mass is 35.5. The highest BCUT2D eigenvalue weighted by Gasteiger charge is 2.11. The fourth-order valence-corrected chi connectivity index (χ4v) is 2.25. The molecule has 4 heteroatoms. The molecule has 1 heterocycles. The summed E-state index contributed by atoms with van der Waals surface area (Å²) in [7, 11) is 0. The molecule has 0 aliphatic carbocycles. The first-order chi connectivity index (χ1) is 9.52. The van der Waals surface area contributed by atoms with Crippen LogP contribution in [0.1, 0.15) is 30.3 Å². The molecular weight excluding hydrogens is 270 g/mol. The van der Waals surface area contributed by atoms with Crippen molar-refractivity contribution < 1.29 is 0 Å². The Morgan fingerprint density at radius 1 is 1.15 bits per heavy atom. The molecule has 0 saturated carbocycles. The minimum atomic E-state index is 0.765. The predicted molar refractivity (Wildman–Crippen MR) is 85.5 cm³/mol. The van der Waals surface area contributed by atoms with Gasteiger partial charge in [0.15, 0.2) is 0 Å². The second kappa shape index (κ2) is 6.23. The minimum Gasteiger partial charge on any atom is -0.370 e. The molecule has 20 heavy (non-hydrogen) atoms. The van der Waals surface area contributed by atoms with Gasteiger partial charge in [-0.05, 0) is 38.8 Å². The van der Waals surface area contributed by atoms with Crippen LogP contribution in [0.15, 0.2) is 18.2 Å². The standard InChI is InChI=1S/C16H20ClN3/c1-5-8-18-16-11(3)15(19-12(4)20-16)13-7-6-10(2)14(17)9-13/h6-7,9H,5,8H2,1-4H3,(H,18,19,20). The summed E-state index contributed by atoms with van der Waals surface area (Å²) in [5, 5.41) is 4.12. The van der Waals surface area contributed by atoms with E-state index < -0.39 is 0 Å². The fraction of sp³-hybridized carbons (Fsp3) is 0.375. The number of aromatic nitrogens is 2. The van der Waals surface area contributed by atoms with E-state index in [0.29, 0.717) is 0 Å². The lowest BCUT2D eigenvalue weighted by molar-refractivity contribution is 0.948. The second-order valence-electron chi connectivity index (χ2n) is 4.98. The summed E-state index contributed by atoms with van der Waals surface area (Å²) in [6.07, 6.45) is 1.06. The Balaban J connectivity index is 2.50. The normalized spacial score (nSPS) is 10.7. The summed E-state index contributed by atoms with van der Waals surface area (Å²) < 4.78 is 0. The zero-order valence-electron chi connectivity index (χ0n) is 12.4. The number of hydrogen-bond acceptors (Lipinski definition) is 3. The van der Waals surface area contributed by atoms with Crippen LogP contribution in [-0.2, 0) is 0 Å². The molecule has 106 valence electrons. The average Bonchev–Trinajstić information content (AvgIpc) is 2.42. The minimum absolute atomic E-state index is 0.765. The van der Waals surface area contributed by atoms with E-state index in [2.05, 4.69) is 28.3 Å². The quantitative estimate of drug-likeness (QED) is 0.897. The zero-order valence-corrected chi connectivity index (χ0v) is 13.2. The van der Waals surface area contributed by atoms with Gasteiger partial charge in [-0.2, -0.15) is 0 Å². The molecule has 0 aliphatic heterocycles. The van der Waals surface area contributed by atoms with Crippen LogP contribution in [0.3, 0.4) is 0 Å². The van der Waals surface area contributed by atoms with Gasteiger partial charge in [0.05, 0.1) is 5.69 Å². The number of nitrogens with one attached hydrogen (secondary N) is 1. The highest BCUT2D eigenvalue weighted by molar-refractivity contribution is 6.31. The Labute approximate surface area is 125 Å². The van der Waals surface area contributed by atoms with E-state index in [1.807, 2.05) is 32.9 Å². The molecule has 0 bridgehead atoms. The summed E-state index contributed by atoms with van der Waals surface area (Å²) in [4.78, 5) is 9.05. The van der Waals surface area contributed by atoms with E-state index in [4.69, 9.17) is 11.6 Å². The number of anilines is 1. The molecular formula is C16H20ClN3. The van der Waals surface area contributed by atoms with Crippen LogP contribution < -0.4 is 5.32 Å². The first kappa shape index (κ1) is 14.8. The van der Waals surface area contributed by atoms with Crippen molar-refractivity contribution in [3.63, 3.8) is 0 Å². The second-order valence-corrected chi connectivity index (χ2v) is 5.39. The molecule has 0 atom stereocenters. The molecule has 0 radical (unpaired) electrons. The van der Waals surface area contributed by atoms with Crippen molar-refractivity contribution in [3.8, 4) is 11.3 Å². The smallest absolute Gasteiger partial charge is 0.133 e. The summed E-state index contributed by atoms with van der Waals surface area (Å²) >= 11 is 6.22. The van der Waals surface area contributed by atoms with Gasteiger partial charge in [-0.15, -0.1) is 0 Å². The molecule has 2 rings (SSSR count). The molecule has 0 saturated heterocycles. The number of benzene rings is 1. The van der Waals surface area contributed by atoms with Crippen molar-refractivity contribution in [2.75, 3.05) is 11.9 Å². The maximum absolute atomic E-state index is 6.22. The molecule has 0 spiro atoms. The SMILES string of the molecule is CCCNc1nc(C)nc(-c2ccc(C)c(Cl)c2)c1C. The monoisotopic (exact) mass is 289 g/mol. The van der Waals surface area contributed by atoms with Crippen molar-refractivity contribution in [2.45, 2.75) is 34.1 Å². The lowest BCUT2D eigenvalue weighted by Crippen LogP contribution is -2.07. The first-order valence-electron chi connectivity index (χ1n) is 6.88. The largest absolute Gasteiger partial charge is 0.370 e. The van der Waals surface area contributed by atoms with Gasteiger partial charge in [0.2, 0.25) is 0 Å². The van der Waals surface area contributed by atoms with Crippen LogP contribution >= 0.6 is 11.6 Å². The third-order valence-corrected chi connectivity index (χ3v) is 3.65. The van der Waals surface area contributed by atoms with E-state index in [9.17, 15) is 0 Å². The van der Waals surface area contributed by atoms with E-state index >= 15 is 0 Å². The Morgan fingerprint density at radius 3 is 2.55 bits per heavy atom. The van der Waals surface area contributed by atoms with Crippen LogP contribution in [0.2, 0.25) is 5.02 Å². The van der Waals surface area contributed by atoms with Crippen LogP contribution in [0.4, 0.5) is 5.82 Å². The van der Waals surface area contributed by atoms with Crippen LogP contribution in [0.25, 0.3) is 11.3 Å². The lowest BCUT2D eigenvalue weighted by atomic mass is 10.1. The molecule has 1 N–H and O–H groups in total. The fourth-order valence-electron chi connectivity index (χ4n) is 2.07. The van der Waals surface area contributed by atoms with E-state index in [-0.39, 0.29) is 0 Å². The number of hydrogen-bond donors (Lipinski definition) is 1. The van der Waals surface area contributed by atoms with Gasteiger partial charge in [-0.25, -0.2) is 9.97 Å². The molecule has 0 fully saturated rings. The number of nitrogens with zero attached hydrogens (tertiary/aromatic N) is 2. The van der Waals surface area contributed by atoms with Gasteiger partial charge in [0.1, 0.15) is 11.6 Å². The van der Waals surface area contributed by atoms with Crippen molar-refractivity contribution in [3.05, 3.63) is 40.2 Å². The topological polar surface area (TPSA) is 37.8 Å². The van der Waals surface area contributed by atoms with E-state index in [1.54, 1.807) is 0 Å². The lowest BCUT2D eigenvalue weighted by Gasteiger charge is -2.13. The Kier molecular flexibility index (Phi) is 4.61. The van der Waals surface area contributed by atoms with Gasteiger partial charge < -0.3 is 5.32 Å². The van der Waals surface area contributed by atoms with Gasteiger partial charge in [0.25, 0.3) is 0 Å². The third kappa shape index (κ3) is 3.10. The number of aryl methyl sites for hydroxylation is 2. The maximum atomic E-state index is 6.22. The van der Waals surface area contributed by atoms with Crippen molar-refractivity contribution >= 4 is 17.4 Å². The van der Waals surface area contributed by atoms with Gasteiger partial charge in [-0.3, -0.25) is 0 Å². The highest BCUT2D eigenvalue weighted by Crippen LogP contribution is 2.29. The van der Waals surface area contributed by atoms with Crippen LogP contribution in [0, 0.1) is 20.8 Å². The molecule has 0 unspecified atom stereocenters. The van der Waals surface area contributed by atoms with E-state index in [0.717, 1.165) is 52.0 Å². The van der Waals surface area contributed by atoms with Crippen LogP contribution in [0.5, 0.6) is 0 Å². The summed E-state index contributed by atoms with van der Waals surface area (Å²) in [5.41, 5.74) is 4.10. The predicted octanol–water partition coefficient (Wildman–Crippen LogP) is 4.54. The first-order valence-corrected chi connectivity index (χ1v) is 7.26. The van der Waals surface area contributed by atoms with Gasteiger partial charge in [-0.1, -0.05) is 30.7 Å². The number of rotatable bonds is 4. The van der Waals surface area contributed by atoms with Gasteiger partial charge in [0, 0.05) is 22.7 Å². The molecule has 0 amide bonds. The Bertz CT molecular complexity index is 623. The Morgan fingerprint density at radius 2 is 1.90 bits per heavy atom. The number of halogens is 1. The molecule has 1 aromatic heterocycles. The van der Waals surface area contributed by atoms with Crippen molar-refractivity contribution in [1.29, 1.82) is 0 Å². The molecule has 0 aliphatic rings. The summed E-state index contributed by atoms with van der Waals surface area (Å²) in [6.45, 7) is 9.00. The van der Waals surface area contributed by atoms with Crippen molar-refractivity contribution in [2.24, 2.45) is 0 Å². The van der Waals surface area contributed by atoms with Gasteiger partial charge >= 0.3 is 0 Å². The average molecular weight is 290 g/mol. The summed E-state index contributed by atoms with van der Waals surface area (Å²) in [6, 6.07) is 6.04. The Hall–Kier alpha value is -1.61. The van der Waals surface area contributed by atoms with Crippen LogP contribution in [-0.4, -0.2) is 16.5 Å². The molecule has 3 nitrogen and oxygen atoms in total. The van der Waals surface area contributed by atoms with E-state index in [1.165, 1.54) is 0 Å². The third-order valence-electron chi connectivity index (χ3n) is 3.25. The summed E-state index contributed by atoms with van der Waals surface area (Å²) in [5.74, 6) is 1.67. The molecule has 1 aromatic carbocycles. The zero-order chi connectivity index (χ0) is 14.7.